The lowest BCUT2D eigenvalue weighted by Crippen LogP contribution is -2.10. The second-order valence-electron chi connectivity index (χ2n) is 3.69. The normalized spacial score (nSPS) is 12.4. The van der Waals surface area contributed by atoms with E-state index in [4.69, 9.17) is 0 Å². The number of alkyl halides is 3. The van der Waals surface area contributed by atoms with Crippen LogP contribution in [0.3, 0.4) is 0 Å². The van der Waals surface area contributed by atoms with Crippen molar-refractivity contribution in [2.24, 2.45) is 0 Å². The minimum Gasteiger partial charge on any atom is -0.166 e. The topological polar surface area (TPSA) is 0 Å². The minimum absolute atomic E-state index is 0.188. The van der Waals surface area contributed by atoms with Gasteiger partial charge in [0.2, 0.25) is 0 Å². The van der Waals surface area contributed by atoms with Crippen LogP contribution in [0.4, 0.5) is 13.2 Å². The van der Waals surface area contributed by atoms with Crippen molar-refractivity contribution < 1.29 is 13.2 Å². The summed E-state index contributed by atoms with van der Waals surface area (Å²) in [6, 6.07) is 7.80. The Balaban J connectivity index is 3.18. The van der Waals surface area contributed by atoms with Crippen molar-refractivity contribution in [1.82, 2.24) is 0 Å². The first-order valence-corrected chi connectivity index (χ1v) is 4.89. The van der Waals surface area contributed by atoms with E-state index < -0.39 is 11.7 Å². The van der Waals surface area contributed by atoms with Crippen molar-refractivity contribution in [3.8, 4) is 0 Å². The number of allylic oxidation sites excluding steroid dienone is 4. The Morgan fingerprint density at radius 1 is 1.00 bits per heavy atom. The molecule has 0 spiro atoms. The summed E-state index contributed by atoms with van der Waals surface area (Å²) in [6.07, 6.45) is -1.74. The standard InChI is InChI=1S/C13H13F3/c1-10(2)8-9-12(13(14,15)16)11-6-4-3-5-7-11/h3-9H,1-2H3/b12-9+. The average Bonchev–Trinajstić information content (AvgIpc) is 2.17. The molecule has 0 radical (unpaired) electrons. The zero-order valence-corrected chi connectivity index (χ0v) is 9.18. The molecule has 0 heterocycles. The number of halogens is 3. The second kappa shape index (κ2) is 5.01. The highest BCUT2D eigenvalue weighted by Crippen LogP contribution is 2.33. The largest absolute Gasteiger partial charge is 0.416 e. The lowest BCUT2D eigenvalue weighted by atomic mass is 10.0. The van der Waals surface area contributed by atoms with E-state index in [2.05, 4.69) is 0 Å². The van der Waals surface area contributed by atoms with Crippen LogP contribution in [0.1, 0.15) is 19.4 Å². The molecule has 0 atom stereocenters. The van der Waals surface area contributed by atoms with Gasteiger partial charge in [0.1, 0.15) is 0 Å². The van der Waals surface area contributed by atoms with Crippen LogP contribution in [0.2, 0.25) is 0 Å². The first-order valence-electron chi connectivity index (χ1n) is 4.89. The van der Waals surface area contributed by atoms with Crippen LogP contribution >= 0.6 is 0 Å². The van der Waals surface area contributed by atoms with Crippen molar-refractivity contribution in [2.75, 3.05) is 0 Å². The molecule has 0 saturated heterocycles. The van der Waals surface area contributed by atoms with Gasteiger partial charge in [0.05, 0.1) is 5.57 Å². The minimum atomic E-state index is -4.33. The van der Waals surface area contributed by atoms with Gasteiger partial charge in [-0.15, -0.1) is 0 Å². The van der Waals surface area contributed by atoms with E-state index in [1.165, 1.54) is 18.2 Å². The molecular formula is C13H13F3. The molecule has 1 aromatic rings. The third-order valence-corrected chi connectivity index (χ3v) is 1.97. The number of hydrogen-bond acceptors (Lipinski definition) is 0. The van der Waals surface area contributed by atoms with Crippen molar-refractivity contribution in [1.29, 1.82) is 0 Å². The highest BCUT2D eigenvalue weighted by atomic mass is 19.4. The Labute approximate surface area is 93.1 Å². The summed E-state index contributed by atoms with van der Waals surface area (Å²) in [4.78, 5) is 0. The summed E-state index contributed by atoms with van der Waals surface area (Å²) in [5.74, 6) is 0. The van der Waals surface area contributed by atoms with Crippen LogP contribution in [0, 0.1) is 0 Å². The van der Waals surface area contributed by atoms with Gasteiger partial charge in [-0.2, -0.15) is 13.2 Å². The van der Waals surface area contributed by atoms with Crippen molar-refractivity contribution in [3.05, 3.63) is 53.6 Å². The summed E-state index contributed by atoms with van der Waals surface area (Å²) in [5, 5.41) is 0. The maximum Gasteiger partial charge on any atom is 0.416 e. The Bertz CT molecular complexity index is 393. The maximum atomic E-state index is 12.8. The van der Waals surface area contributed by atoms with Gasteiger partial charge >= 0.3 is 6.18 Å². The van der Waals surface area contributed by atoms with Crippen molar-refractivity contribution >= 4 is 5.57 Å². The summed E-state index contributed by atoms with van der Waals surface area (Å²) < 4.78 is 38.3. The maximum absolute atomic E-state index is 12.8. The summed E-state index contributed by atoms with van der Waals surface area (Å²) in [6.45, 7) is 3.52. The lowest BCUT2D eigenvalue weighted by molar-refractivity contribution is -0.0689. The second-order valence-corrected chi connectivity index (χ2v) is 3.69. The molecule has 0 fully saturated rings. The zero-order chi connectivity index (χ0) is 12.2. The summed E-state index contributed by atoms with van der Waals surface area (Å²) in [7, 11) is 0. The number of rotatable bonds is 2. The van der Waals surface area contributed by atoms with E-state index >= 15 is 0 Å². The van der Waals surface area contributed by atoms with E-state index in [1.54, 1.807) is 32.0 Å². The van der Waals surface area contributed by atoms with Gasteiger partial charge in [0.25, 0.3) is 0 Å². The van der Waals surface area contributed by atoms with E-state index in [0.717, 1.165) is 11.6 Å². The number of hydrogen-bond donors (Lipinski definition) is 0. The van der Waals surface area contributed by atoms with Crippen LogP contribution < -0.4 is 0 Å². The Hall–Kier alpha value is -1.51. The average molecular weight is 226 g/mol. The first-order chi connectivity index (χ1) is 7.41. The molecule has 0 aliphatic carbocycles. The molecule has 0 aliphatic heterocycles. The van der Waals surface area contributed by atoms with Gasteiger partial charge in [-0.1, -0.05) is 42.0 Å². The molecular weight excluding hydrogens is 213 g/mol. The lowest BCUT2D eigenvalue weighted by Gasteiger charge is -2.11. The third kappa shape index (κ3) is 3.57. The van der Waals surface area contributed by atoms with E-state index in [0.29, 0.717) is 0 Å². The molecule has 0 aliphatic rings. The van der Waals surface area contributed by atoms with Gasteiger partial charge in [-0.25, -0.2) is 0 Å². The Kier molecular flexibility index (Phi) is 3.93. The van der Waals surface area contributed by atoms with Crippen LogP contribution in [-0.2, 0) is 0 Å². The highest BCUT2D eigenvalue weighted by molar-refractivity contribution is 5.70. The van der Waals surface area contributed by atoms with Crippen LogP contribution in [0.15, 0.2) is 48.1 Å². The fraction of sp³-hybridized carbons (Fsp3) is 0.231. The molecule has 0 nitrogen and oxygen atoms in total. The molecule has 0 unspecified atom stereocenters. The quantitative estimate of drug-likeness (QED) is 0.646. The van der Waals surface area contributed by atoms with E-state index in [-0.39, 0.29) is 5.56 Å². The van der Waals surface area contributed by atoms with Gasteiger partial charge in [0.15, 0.2) is 0 Å². The van der Waals surface area contributed by atoms with Crippen molar-refractivity contribution in [2.45, 2.75) is 20.0 Å². The first kappa shape index (κ1) is 12.6. The molecule has 0 bridgehead atoms. The van der Waals surface area contributed by atoms with E-state index in [1.807, 2.05) is 0 Å². The fourth-order valence-electron chi connectivity index (χ4n) is 1.22. The van der Waals surface area contributed by atoms with Gasteiger partial charge in [-0.05, 0) is 25.5 Å². The van der Waals surface area contributed by atoms with Crippen molar-refractivity contribution in [3.63, 3.8) is 0 Å². The molecule has 86 valence electrons. The van der Waals surface area contributed by atoms with Gasteiger partial charge in [-0.3, -0.25) is 0 Å². The molecule has 0 amide bonds. The zero-order valence-electron chi connectivity index (χ0n) is 9.18. The SMILES string of the molecule is CC(C)=C/C=C(\c1ccccc1)C(F)(F)F. The Morgan fingerprint density at radius 2 is 1.56 bits per heavy atom. The van der Waals surface area contributed by atoms with E-state index in [9.17, 15) is 13.2 Å². The smallest absolute Gasteiger partial charge is 0.166 e. The Morgan fingerprint density at radius 3 is 2.00 bits per heavy atom. The predicted octanol–water partition coefficient (Wildman–Crippen LogP) is 4.60. The highest BCUT2D eigenvalue weighted by Gasteiger charge is 2.33. The molecule has 0 N–H and O–H groups in total. The molecule has 0 saturated carbocycles. The van der Waals surface area contributed by atoms with Gasteiger partial charge in [0, 0.05) is 0 Å². The van der Waals surface area contributed by atoms with Crippen LogP contribution in [-0.4, -0.2) is 6.18 Å². The molecule has 3 heteroatoms. The fourth-order valence-corrected chi connectivity index (χ4v) is 1.22. The molecule has 1 aromatic carbocycles. The molecule has 1 rings (SSSR count). The van der Waals surface area contributed by atoms with Crippen LogP contribution in [0.25, 0.3) is 5.57 Å². The summed E-state index contributed by atoms with van der Waals surface area (Å²) >= 11 is 0. The van der Waals surface area contributed by atoms with Gasteiger partial charge < -0.3 is 0 Å². The predicted molar refractivity (Wildman–Crippen MR) is 59.9 cm³/mol. The third-order valence-electron chi connectivity index (χ3n) is 1.97. The van der Waals surface area contributed by atoms with Crippen LogP contribution in [0.5, 0.6) is 0 Å². The number of benzene rings is 1. The molecule has 0 aromatic heterocycles. The summed E-state index contributed by atoms with van der Waals surface area (Å²) in [5.41, 5.74) is 0.402. The monoisotopic (exact) mass is 226 g/mol. The molecule has 16 heavy (non-hydrogen) atoms.